The Balaban J connectivity index is 2.49. The van der Waals surface area contributed by atoms with Crippen LogP contribution >= 0.6 is 0 Å². The summed E-state index contributed by atoms with van der Waals surface area (Å²) in [6.45, 7) is 5.33. The molecule has 16 heavy (non-hydrogen) atoms. The summed E-state index contributed by atoms with van der Waals surface area (Å²) >= 11 is 0. The molecule has 1 aromatic carbocycles. The minimum absolute atomic E-state index is 0.458. The first-order valence-corrected chi connectivity index (χ1v) is 5.16. The van der Waals surface area contributed by atoms with Crippen LogP contribution in [0.2, 0.25) is 0 Å². The van der Waals surface area contributed by atoms with Gasteiger partial charge in [0.1, 0.15) is 0 Å². The average molecular weight is 218 g/mol. The topological polar surface area (TPSA) is 46.5 Å². The van der Waals surface area contributed by atoms with Crippen LogP contribution in [0, 0.1) is 6.92 Å². The summed E-state index contributed by atoms with van der Waals surface area (Å²) in [4.78, 5) is 11.4. The van der Waals surface area contributed by atoms with Crippen molar-refractivity contribution >= 4 is 5.97 Å². The van der Waals surface area contributed by atoms with E-state index >= 15 is 0 Å². The van der Waals surface area contributed by atoms with Crippen molar-refractivity contribution in [3.8, 4) is 0 Å². The highest BCUT2D eigenvalue weighted by molar-refractivity contribution is 5.92. The molecule has 1 atom stereocenters. The number of aliphatic hydroxyl groups is 1. The number of hydrogen-bond acceptors (Lipinski definition) is 3. The van der Waals surface area contributed by atoms with Gasteiger partial charge in [-0.25, -0.2) is 4.79 Å². The second kappa shape index (κ2) is 3.46. The zero-order valence-electron chi connectivity index (χ0n) is 9.57. The summed E-state index contributed by atoms with van der Waals surface area (Å²) in [5.41, 5.74) is 2.71. The monoisotopic (exact) mass is 218 g/mol. The van der Waals surface area contributed by atoms with Gasteiger partial charge < -0.3 is 9.84 Å². The lowest BCUT2D eigenvalue weighted by molar-refractivity contribution is -0.185. The third-order valence-corrected chi connectivity index (χ3v) is 3.06. The van der Waals surface area contributed by atoms with E-state index in [0.29, 0.717) is 16.7 Å². The Labute approximate surface area is 94.4 Å². The standard InChI is InChI=1S/C13H14O3/c1-8-4-6-11(7-5-8)13(15)10(3)9(2)12(14)16-13/h4-7,15H,1-3H3. The van der Waals surface area contributed by atoms with E-state index in [4.69, 9.17) is 4.74 Å². The highest BCUT2D eigenvalue weighted by Gasteiger charge is 2.43. The predicted octanol–water partition coefficient (Wildman–Crippen LogP) is 2.03. The van der Waals surface area contributed by atoms with Gasteiger partial charge in [-0.05, 0) is 20.8 Å². The molecule has 3 heteroatoms. The van der Waals surface area contributed by atoms with Crippen LogP contribution in [-0.2, 0) is 15.3 Å². The van der Waals surface area contributed by atoms with Gasteiger partial charge in [-0.3, -0.25) is 0 Å². The molecular weight excluding hydrogens is 204 g/mol. The summed E-state index contributed by atoms with van der Waals surface area (Å²) in [6.07, 6.45) is 0. The van der Waals surface area contributed by atoms with E-state index in [1.807, 2.05) is 19.1 Å². The van der Waals surface area contributed by atoms with E-state index in [2.05, 4.69) is 0 Å². The molecule has 3 nitrogen and oxygen atoms in total. The van der Waals surface area contributed by atoms with E-state index in [1.54, 1.807) is 26.0 Å². The van der Waals surface area contributed by atoms with Crippen LogP contribution in [0.4, 0.5) is 0 Å². The number of esters is 1. The molecule has 1 aromatic rings. The lowest BCUT2D eigenvalue weighted by Gasteiger charge is -2.23. The zero-order chi connectivity index (χ0) is 11.9. The number of carbonyl (C=O) groups is 1. The second-order valence-electron chi connectivity index (χ2n) is 4.15. The van der Waals surface area contributed by atoms with Crippen LogP contribution in [0.25, 0.3) is 0 Å². The first-order valence-electron chi connectivity index (χ1n) is 5.16. The van der Waals surface area contributed by atoms with E-state index in [1.165, 1.54) is 0 Å². The van der Waals surface area contributed by atoms with Crippen LogP contribution in [0.5, 0.6) is 0 Å². The van der Waals surface area contributed by atoms with E-state index < -0.39 is 11.8 Å². The lowest BCUT2D eigenvalue weighted by Crippen LogP contribution is -2.27. The van der Waals surface area contributed by atoms with Crippen molar-refractivity contribution in [2.45, 2.75) is 26.6 Å². The van der Waals surface area contributed by atoms with Crippen molar-refractivity contribution in [1.29, 1.82) is 0 Å². The SMILES string of the molecule is CC1=C(C)C(O)(c2ccc(C)cc2)OC1=O. The van der Waals surface area contributed by atoms with Crippen molar-refractivity contribution in [1.82, 2.24) is 0 Å². The first kappa shape index (κ1) is 10.9. The van der Waals surface area contributed by atoms with Gasteiger partial charge in [0, 0.05) is 16.7 Å². The molecule has 0 radical (unpaired) electrons. The van der Waals surface area contributed by atoms with Crippen molar-refractivity contribution in [2.24, 2.45) is 0 Å². The number of aryl methyl sites for hydroxylation is 1. The third kappa shape index (κ3) is 1.44. The highest BCUT2D eigenvalue weighted by atomic mass is 16.7. The first-order chi connectivity index (χ1) is 7.45. The fourth-order valence-electron chi connectivity index (χ4n) is 1.75. The number of hydrogen-bond donors (Lipinski definition) is 1. The molecule has 2 rings (SSSR count). The Hall–Kier alpha value is -1.61. The number of rotatable bonds is 1. The molecular formula is C13H14O3. The van der Waals surface area contributed by atoms with Gasteiger partial charge in [0.15, 0.2) is 0 Å². The normalized spacial score (nSPS) is 24.9. The van der Waals surface area contributed by atoms with Gasteiger partial charge in [0.2, 0.25) is 0 Å². The van der Waals surface area contributed by atoms with Crippen LogP contribution in [-0.4, -0.2) is 11.1 Å². The van der Waals surface area contributed by atoms with E-state index in [9.17, 15) is 9.90 Å². The van der Waals surface area contributed by atoms with E-state index in [0.717, 1.165) is 5.56 Å². The highest BCUT2D eigenvalue weighted by Crippen LogP contribution is 2.38. The molecule has 0 saturated heterocycles. The molecule has 84 valence electrons. The van der Waals surface area contributed by atoms with Gasteiger partial charge >= 0.3 is 5.97 Å². The average Bonchev–Trinajstić information content (AvgIpc) is 2.45. The Morgan fingerprint density at radius 3 is 2.12 bits per heavy atom. The predicted molar refractivity (Wildman–Crippen MR) is 59.5 cm³/mol. The molecule has 1 aliphatic heterocycles. The Morgan fingerprint density at radius 1 is 1.12 bits per heavy atom. The van der Waals surface area contributed by atoms with Gasteiger partial charge in [0.25, 0.3) is 5.79 Å². The number of carbonyl (C=O) groups excluding carboxylic acids is 1. The Morgan fingerprint density at radius 2 is 1.69 bits per heavy atom. The number of benzene rings is 1. The van der Waals surface area contributed by atoms with Gasteiger partial charge in [-0.2, -0.15) is 0 Å². The molecule has 1 aliphatic rings. The summed E-state index contributed by atoms with van der Waals surface area (Å²) in [6, 6.07) is 7.29. The minimum atomic E-state index is -1.59. The van der Waals surface area contributed by atoms with Crippen LogP contribution in [0.3, 0.4) is 0 Å². The maximum atomic E-state index is 11.4. The molecule has 0 aliphatic carbocycles. The molecule has 1 unspecified atom stereocenters. The molecule has 0 bridgehead atoms. The fourth-order valence-corrected chi connectivity index (χ4v) is 1.75. The third-order valence-electron chi connectivity index (χ3n) is 3.06. The van der Waals surface area contributed by atoms with Gasteiger partial charge in [0.05, 0.1) is 0 Å². The van der Waals surface area contributed by atoms with Crippen LogP contribution in [0.15, 0.2) is 35.4 Å². The van der Waals surface area contributed by atoms with Gasteiger partial charge in [-0.1, -0.05) is 29.8 Å². The molecule has 0 saturated carbocycles. The molecule has 0 fully saturated rings. The Bertz CT molecular complexity index is 470. The molecule has 0 amide bonds. The Kier molecular flexibility index (Phi) is 2.35. The van der Waals surface area contributed by atoms with Crippen LogP contribution in [0.1, 0.15) is 25.0 Å². The quantitative estimate of drug-likeness (QED) is 0.734. The van der Waals surface area contributed by atoms with Crippen molar-refractivity contribution in [2.75, 3.05) is 0 Å². The van der Waals surface area contributed by atoms with Gasteiger partial charge in [-0.15, -0.1) is 0 Å². The summed E-state index contributed by atoms with van der Waals surface area (Å²) < 4.78 is 5.04. The second-order valence-corrected chi connectivity index (χ2v) is 4.15. The number of cyclic esters (lactones) is 1. The maximum Gasteiger partial charge on any atom is 0.336 e. The van der Waals surface area contributed by atoms with Crippen molar-refractivity contribution in [3.05, 3.63) is 46.5 Å². The lowest BCUT2D eigenvalue weighted by atomic mass is 9.96. The zero-order valence-corrected chi connectivity index (χ0v) is 9.57. The number of ether oxygens (including phenoxy) is 1. The molecule has 1 heterocycles. The molecule has 0 spiro atoms. The van der Waals surface area contributed by atoms with E-state index in [-0.39, 0.29) is 0 Å². The van der Waals surface area contributed by atoms with Crippen molar-refractivity contribution < 1.29 is 14.6 Å². The van der Waals surface area contributed by atoms with Crippen molar-refractivity contribution in [3.63, 3.8) is 0 Å². The minimum Gasteiger partial charge on any atom is -0.421 e. The van der Waals surface area contributed by atoms with Crippen LogP contribution < -0.4 is 0 Å². The molecule has 0 aromatic heterocycles. The summed E-state index contributed by atoms with van der Waals surface area (Å²) in [7, 11) is 0. The molecule has 1 N–H and O–H groups in total. The largest absolute Gasteiger partial charge is 0.421 e. The fraction of sp³-hybridized carbons (Fsp3) is 0.308. The maximum absolute atomic E-state index is 11.4. The smallest absolute Gasteiger partial charge is 0.336 e. The summed E-state index contributed by atoms with van der Waals surface area (Å²) in [5, 5.41) is 10.4. The summed E-state index contributed by atoms with van der Waals surface area (Å²) in [5.74, 6) is -2.05.